The van der Waals surface area contributed by atoms with Gasteiger partial charge in [-0.3, -0.25) is 0 Å². The number of fused-ring (bicyclic) bond motifs is 1. The van der Waals surface area contributed by atoms with E-state index < -0.39 is 0 Å². The van der Waals surface area contributed by atoms with Crippen molar-refractivity contribution in [1.82, 2.24) is 10.3 Å². The molecule has 4 heteroatoms. The summed E-state index contributed by atoms with van der Waals surface area (Å²) < 4.78 is 13.3. The van der Waals surface area contributed by atoms with Crippen LogP contribution in [0.4, 0.5) is 4.39 Å². The average molecular weight is 304 g/mol. The number of rotatable bonds is 4. The Balaban J connectivity index is 1.94. The zero-order valence-electron chi connectivity index (χ0n) is 12.6. The molecular formula is C17H21FN2S. The second kappa shape index (κ2) is 6.24. The van der Waals surface area contributed by atoms with Crippen molar-refractivity contribution >= 4 is 11.3 Å². The first-order valence-electron chi connectivity index (χ1n) is 7.66. The van der Waals surface area contributed by atoms with Crippen molar-refractivity contribution in [3.05, 3.63) is 40.2 Å². The molecule has 1 atom stereocenters. The molecule has 0 fully saturated rings. The van der Waals surface area contributed by atoms with E-state index in [9.17, 15) is 4.39 Å². The molecule has 1 aliphatic rings. The van der Waals surface area contributed by atoms with Crippen LogP contribution in [0.1, 0.15) is 41.8 Å². The molecule has 112 valence electrons. The molecule has 1 aromatic heterocycles. The van der Waals surface area contributed by atoms with Crippen LogP contribution in [0.3, 0.4) is 0 Å². The lowest BCUT2D eigenvalue weighted by Crippen LogP contribution is -2.23. The summed E-state index contributed by atoms with van der Waals surface area (Å²) in [5.74, 6) is 0.349. The summed E-state index contributed by atoms with van der Waals surface area (Å²) in [5.41, 5.74) is 3.30. The summed E-state index contributed by atoms with van der Waals surface area (Å²) in [6, 6.07) is 4.97. The van der Waals surface area contributed by atoms with Crippen LogP contribution in [-0.2, 0) is 6.42 Å². The van der Waals surface area contributed by atoms with Crippen molar-refractivity contribution in [3.63, 3.8) is 0 Å². The predicted molar refractivity (Wildman–Crippen MR) is 86.5 cm³/mol. The van der Waals surface area contributed by atoms with E-state index >= 15 is 0 Å². The Bertz CT molecular complexity index is 636. The van der Waals surface area contributed by atoms with Crippen molar-refractivity contribution in [2.24, 2.45) is 0 Å². The normalized spacial score (nSPS) is 17.8. The fourth-order valence-electron chi connectivity index (χ4n) is 3.01. The minimum Gasteiger partial charge on any atom is -0.316 e. The lowest BCUT2D eigenvalue weighted by Gasteiger charge is -2.21. The molecule has 0 radical (unpaired) electrons. The van der Waals surface area contributed by atoms with Gasteiger partial charge in [-0.2, -0.15) is 0 Å². The summed E-state index contributed by atoms with van der Waals surface area (Å²) in [4.78, 5) is 6.32. The molecule has 1 aromatic carbocycles. The van der Waals surface area contributed by atoms with Crippen LogP contribution in [0.15, 0.2) is 18.2 Å². The number of halogens is 1. The highest BCUT2D eigenvalue weighted by molar-refractivity contribution is 7.15. The standard InChI is InChI=1S/C17H21FN2S/c1-3-19-10-12-5-4-6-15-16(12)20-17(21-15)14-8-7-13(18)9-11(14)2/h7-9,12,19H,3-6,10H2,1-2H3. The van der Waals surface area contributed by atoms with Gasteiger partial charge in [-0.1, -0.05) is 6.92 Å². The molecule has 0 bridgehead atoms. The molecule has 0 amide bonds. The number of aryl methyl sites for hydroxylation is 2. The number of aromatic nitrogens is 1. The summed E-state index contributed by atoms with van der Waals surface area (Å²) in [7, 11) is 0. The topological polar surface area (TPSA) is 24.9 Å². The van der Waals surface area contributed by atoms with E-state index in [0.717, 1.165) is 35.6 Å². The maximum absolute atomic E-state index is 13.3. The van der Waals surface area contributed by atoms with E-state index in [-0.39, 0.29) is 5.82 Å². The number of thiazole rings is 1. The van der Waals surface area contributed by atoms with Crippen LogP contribution in [0.25, 0.3) is 10.6 Å². The highest BCUT2D eigenvalue weighted by atomic mass is 32.1. The van der Waals surface area contributed by atoms with Gasteiger partial charge in [0.05, 0.1) is 5.69 Å². The van der Waals surface area contributed by atoms with Gasteiger partial charge in [0.25, 0.3) is 0 Å². The minimum atomic E-state index is -0.178. The molecular weight excluding hydrogens is 283 g/mol. The van der Waals surface area contributed by atoms with Crippen LogP contribution in [-0.4, -0.2) is 18.1 Å². The van der Waals surface area contributed by atoms with Gasteiger partial charge in [-0.15, -0.1) is 11.3 Å². The average Bonchev–Trinajstić information content (AvgIpc) is 2.89. The molecule has 1 heterocycles. The SMILES string of the molecule is CCNCC1CCCc2sc(-c3ccc(F)cc3C)nc21. The second-order valence-corrected chi connectivity index (χ2v) is 6.77. The molecule has 0 saturated heterocycles. The van der Waals surface area contributed by atoms with Gasteiger partial charge in [0.2, 0.25) is 0 Å². The monoisotopic (exact) mass is 304 g/mol. The number of hydrogen-bond acceptors (Lipinski definition) is 3. The van der Waals surface area contributed by atoms with Gasteiger partial charge < -0.3 is 5.32 Å². The van der Waals surface area contributed by atoms with Gasteiger partial charge in [0, 0.05) is 22.9 Å². The molecule has 0 saturated carbocycles. The van der Waals surface area contributed by atoms with Crippen molar-refractivity contribution in [2.75, 3.05) is 13.1 Å². The van der Waals surface area contributed by atoms with Crippen molar-refractivity contribution in [2.45, 2.75) is 39.0 Å². The summed E-state index contributed by atoms with van der Waals surface area (Å²) >= 11 is 1.78. The lowest BCUT2D eigenvalue weighted by atomic mass is 9.91. The van der Waals surface area contributed by atoms with Crippen LogP contribution in [0.5, 0.6) is 0 Å². The molecule has 1 aliphatic carbocycles. The van der Waals surface area contributed by atoms with Gasteiger partial charge in [-0.25, -0.2) is 9.37 Å². The third-order valence-corrected chi connectivity index (χ3v) is 5.29. The van der Waals surface area contributed by atoms with E-state index in [4.69, 9.17) is 4.98 Å². The Hall–Kier alpha value is -1.26. The lowest BCUT2D eigenvalue weighted by molar-refractivity contribution is 0.509. The molecule has 0 aliphatic heterocycles. The maximum Gasteiger partial charge on any atom is 0.124 e. The van der Waals surface area contributed by atoms with Gasteiger partial charge in [-0.05, 0) is 56.5 Å². The second-order valence-electron chi connectivity index (χ2n) is 5.68. The smallest absolute Gasteiger partial charge is 0.124 e. The highest BCUT2D eigenvalue weighted by Crippen LogP contribution is 2.38. The first kappa shape index (κ1) is 14.7. The predicted octanol–water partition coefficient (Wildman–Crippen LogP) is 4.29. The van der Waals surface area contributed by atoms with Crippen molar-refractivity contribution < 1.29 is 4.39 Å². The van der Waals surface area contributed by atoms with Crippen molar-refractivity contribution in [3.8, 4) is 10.6 Å². The van der Waals surface area contributed by atoms with Gasteiger partial charge >= 0.3 is 0 Å². The third kappa shape index (κ3) is 3.01. The number of nitrogens with one attached hydrogen (secondary N) is 1. The number of hydrogen-bond donors (Lipinski definition) is 1. The Morgan fingerprint density at radius 1 is 1.43 bits per heavy atom. The van der Waals surface area contributed by atoms with E-state index in [1.807, 2.05) is 13.0 Å². The molecule has 1 unspecified atom stereocenters. The quantitative estimate of drug-likeness (QED) is 0.911. The van der Waals surface area contributed by atoms with Gasteiger partial charge in [0.15, 0.2) is 0 Å². The van der Waals surface area contributed by atoms with Crippen LogP contribution < -0.4 is 5.32 Å². The van der Waals surface area contributed by atoms with Gasteiger partial charge in [0.1, 0.15) is 10.8 Å². The van der Waals surface area contributed by atoms with E-state index in [0.29, 0.717) is 5.92 Å². The van der Waals surface area contributed by atoms with Crippen LogP contribution in [0.2, 0.25) is 0 Å². The Morgan fingerprint density at radius 2 is 2.29 bits per heavy atom. The molecule has 2 nitrogen and oxygen atoms in total. The fraction of sp³-hybridized carbons (Fsp3) is 0.471. The van der Waals surface area contributed by atoms with E-state index in [1.54, 1.807) is 17.4 Å². The summed E-state index contributed by atoms with van der Waals surface area (Å²) in [5, 5.41) is 4.48. The van der Waals surface area contributed by atoms with E-state index in [1.165, 1.54) is 29.5 Å². The van der Waals surface area contributed by atoms with Crippen LogP contribution in [0, 0.1) is 12.7 Å². The Kier molecular flexibility index (Phi) is 4.36. The summed E-state index contributed by atoms with van der Waals surface area (Å²) in [6.07, 6.45) is 3.59. The van der Waals surface area contributed by atoms with Crippen molar-refractivity contribution in [1.29, 1.82) is 0 Å². The molecule has 21 heavy (non-hydrogen) atoms. The first-order valence-corrected chi connectivity index (χ1v) is 8.47. The number of nitrogens with zero attached hydrogens (tertiary/aromatic N) is 1. The summed E-state index contributed by atoms with van der Waals surface area (Å²) in [6.45, 7) is 6.10. The minimum absolute atomic E-state index is 0.178. The third-order valence-electron chi connectivity index (χ3n) is 4.13. The number of likely N-dealkylation sites (N-methyl/N-ethyl adjacent to an activating group) is 1. The molecule has 3 rings (SSSR count). The Labute approximate surface area is 129 Å². The highest BCUT2D eigenvalue weighted by Gasteiger charge is 2.25. The fourth-order valence-corrected chi connectivity index (χ4v) is 4.29. The van der Waals surface area contributed by atoms with E-state index in [2.05, 4.69) is 12.2 Å². The number of benzene rings is 1. The molecule has 0 spiro atoms. The zero-order valence-corrected chi connectivity index (χ0v) is 13.4. The molecule has 2 aromatic rings. The first-order chi connectivity index (χ1) is 10.2. The largest absolute Gasteiger partial charge is 0.316 e. The maximum atomic E-state index is 13.3. The zero-order chi connectivity index (χ0) is 14.8. The van der Waals surface area contributed by atoms with Crippen LogP contribution >= 0.6 is 11.3 Å². The Morgan fingerprint density at radius 3 is 3.05 bits per heavy atom. The molecule has 1 N–H and O–H groups in total.